The fraction of sp³-hybridized carbons (Fsp3) is 0.273. The van der Waals surface area contributed by atoms with Gasteiger partial charge in [-0.3, -0.25) is 15.0 Å². The first kappa shape index (κ1) is 22.4. The number of nitrogens with zero attached hydrogens (tertiary/aromatic N) is 2. The van der Waals surface area contributed by atoms with E-state index in [1.54, 1.807) is 50.2 Å². The summed E-state index contributed by atoms with van der Waals surface area (Å²) in [5.74, 6) is -0.932. The minimum Gasteiger partial charge on any atom is -0.466 e. The Balaban J connectivity index is 2.08. The average molecular weight is 408 g/mol. The molecular weight excluding hydrogens is 384 g/mol. The molecule has 3 amide bonds. The van der Waals surface area contributed by atoms with Crippen LogP contribution >= 0.6 is 0 Å². The van der Waals surface area contributed by atoms with E-state index < -0.39 is 11.9 Å². The van der Waals surface area contributed by atoms with Gasteiger partial charge in [-0.25, -0.2) is 9.80 Å². The third-order valence-corrected chi connectivity index (χ3v) is 4.16. The highest BCUT2D eigenvalue weighted by Crippen LogP contribution is 2.17. The molecule has 2 aromatic carbocycles. The topological polar surface area (TPSA) is 112 Å². The number of urea groups is 1. The van der Waals surface area contributed by atoms with Gasteiger partial charge in [-0.05, 0) is 55.3 Å². The molecule has 0 spiro atoms. The number of carbonyl (C=O) groups is 3. The van der Waals surface area contributed by atoms with Crippen LogP contribution in [-0.2, 0) is 20.7 Å². The van der Waals surface area contributed by atoms with Crippen LogP contribution < -0.4 is 15.8 Å². The van der Waals surface area contributed by atoms with Crippen molar-refractivity contribution >= 4 is 29.3 Å². The molecule has 0 aliphatic heterocycles. The summed E-state index contributed by atoms with van der Waals surface area (Å²) in [7, 11) is 0. The van der Waals surface area contributed by atoms with Gasteiger partial charge < -0.3 is 10.1 Å². The van der Waals surface area contributed by atoms with E-state index in [1.807, 2.05) is 18.2 Å². The fourth-order valence-corrected chi connectivity index (χ4v) is 2.70. The van der Waals surface area contributed by atoms with Gasteiger partial charge in [-0.2, -0.15) is 5.26 Å². The Morgan fingerprint density at radius 1 is 1.10 bits per heavy atom. The highest BCUT2D eigenvalue weighted by atomic mass is 16.5. The van der Waals surface area contributed by atoms with Crippen LogP contribution in [0.4, 0.5) is 16.2 Å². The quantitative estimate of drug-likeness (QED) is 0.562. The van der Waals surface area contributed by atoms with Crippen molar-refractivity contribution in [3.8, 4) is 6.07 Å². The maximum absolute atomic E-state index is 12.7. The number of benzene rings is 2. The minimum absolute atomic E-state index is 0.247. The van der Waals surface area contributed by atoms with Crippen molar-refractivity contribution in [3.63, 3.8) is 0 Å². The summed E-state index contributed by atoms with van der Waals surface area (Å²) in [5, 5.41) is 12.7. The summed E-state index contributed by atoms with van der Waals surface area (Å²) >= 11 is 0. The molecule has 156 valence electrons. The van der Waals surface area contributed by atoms with Gasteiger partial charge in [0.25, 0.3) is 0 Å². The van der Waals surface area contributed by atoms with Crippen LogP contribution in [0.5, 0.6) is 0 Å². The molecule has 0 aliphatic carbocycles. The molecule has 30 heavy (non-hydrogen) atoms. The lowest BCUT2D eigenvalue weighted by Crippen LogP contribution is -2.47. The maximum atomic E-state index is 12.7. The number of hydrogen-bond acceptors (Lipinski definition) is 5. The molecule has 0 aromatic heterocycles. The van der Waals surface area contributed by atoms with E-state index in [-0.39, 0.29) is 11.9 Å². The molecule has 0 heterocycles. The highest BCUT2D eigenvalue weighted by Gasteiger charge is 2.18. The van der Waals surface area contributed by atoms with E-state index in [0.717, 1.165) is 10.6 Å². The van der Waals surface area contributed by atoms with Gasteiger partial charge in [0.1, 0.15) is 0 Å². The molecule has 2 N–H and O–H groups in total. The van der Waals surface area contributed by atoms with Crippen LogP contribution in [0.15, 0.2) is 48.5 Å². The molecule has 8 nitrogen and oxygen atoms in total. The number of ether oxygens (including phenoxy) is 1. The van der Waals surface area contributed by atoms with E-state index >= 15 is 0 Å². The first-order valence-electron chi connectivity index (χ1n) is 9.48. The number of hydrazine groups is 1. The third-order valence-electron chi connectivity index (χ3n) is 4.16. The lowest BCUT2D eigenvalue weighted by Gasteiger charge is -2.23. The molecule has 0 radical (unpaired) electrons. The molecule has 8 heteroatoms. The Hall–Kier alpha value is -3.86. The fourth-order valence-electron chi connectivity index (χ4n) is 2.70. The molecule has 0 saturated heterocycles. The maximum Gasteiger partial charge on any atom is 0.345 e. The molecule has 0 fully saturated rings. The summed E-state index contributed by atoms with van der Waals surface area (Å²) in [6, 6.07) is 14.7. The Labute approximate surface area is 175 Å². The molecule has 2 aromatic rings. The normalized spacial score (nSPS) is 11.0. The van der Waals surface area contributed by atoms with E-state index in [2.05, 4.69) is 10.7 Å². The monoisotopic (exact) mass is 408 g/mol. The van der Waals surface area contributed by atoms with Crippen LogP contribution in [0.2, 0.25) is 0 Å². The number of anilines is 2. The Bertz CT molecular complexity index is 933. The summed E-state index contributed by atoms with van der Waals surface area (Å²) in [4.78, 5) is 36.0. The van der Waals surface area contributed by atoms with Crippen LogP contribution in [-0.4, -0.2) is 24.5 Å². The zero-order valence-corrected chi connectivity index (χ0v) is 17.1. The van der Waals surface area contributed by atoms with E-state index in [9.17, 15) is 14.4 Å². The second-order valence-corrected chi connectivity index (χ2v) is 6.65. The van der Waals surface area contributed by atoms with Crippen LogP contribution in [0.3, 0.4) is 0 Å². The SMILES string of the molecule is CCOC(=O)C(C)Cc1ccc(NC(=O)N(NC(C)=O)c2ccc(C#N)cc2)cc1. The molecule has 0 bridgehead atoms. The predicted octanol–water partition coefficient (Wildman–Crippen LogP) is 3.39. The summed E-state index contributed by atoms with van der Waals surface area (Å²) in [6.07, 6.45) is 0.524. The van der Waals surface area contributed by atoms with Gasteiger partial charge in [0.05, 0.1) is 29.8 Å². The standard InChI is InChI=1S/C22H24N4O4/c1-4-30-21(28)15(2)13-17-5-9-19(10-6-17)24-22(29)26(25-16(3)27)20-11-7-18(14-23)8-12-20/h5-12,15H,4,13H2,1-3H3,(H,24,29)(H,25,27). The number of nitrogens with one attached hydrogen (secondary N) is 2. The van der Waals surface area contributed by atoms with Gasteiger partial charge in [0.15, 0.2) is 0 Å². The van der Waals surface area contributed by atoms with Gasteiger partial charge in [-0.15, -0.1) is 0 Å². The highest BCUT2D eigenvalue weighted by molar-refractivity contribution is 6.03. The smallest absolute Gasteiger partial charge is 0.345 e. The number of rotatable bonds is 6. The molecule has 0 saturated carbocycles. The lowest BCUT2D eigenvalue weighted by atomic mass is 10.0. The van der Waals surface area contributed by atoms with Crippen LogP contribution in [0.25, 0.3) is 0 Å². The summed E-state index contributed by atoms with van der Waals surface area (Å²) in [5.41, 5.74) is 4.76. The number of amides is 3. The molecule has 1 atom stereocenters. The molecular formula is C22H24N4O4. The van der Waals surface area contributed by atoms with Crippen molar-refractivity contribution < 1.29 is 19.1 Å². The summed E-state index contributed by atoms with van der Waals surface area (Å²) < 4.78 is 5.01. The van der Waals surface area contributed by atoms with Crippen molar-refractivity contribution in [2.45, 2.75) is 27.2 Å². The zero-order chi connectivity index (χ0) is 22.1. The Kier molecular flexibility index (Phi) is 7.94. The first-order chi connectivity index (χ1) is 14.3. The summed E-state index contributed by atoms with van der Waals surface area (Å²) in [6.45, 7) is 5.21. The van der Waals surface area contributed by atoms with Crippen molar-refractivity contribution in [1.82, 2.24) is 5.43 Å². The predicted molar refractivity (Wildman–Crippen MR) is 112 cm³/mol. The second kappa shape index (κ2) is 10.6. The molecule has 2 rings (SSSR count). The van der Waals surface area contributed by atoms with Crippen molar-refractivity contribution in [3.05, 3.63) is 59.7 Å². The third kappa shape index (κ3) is 6.34. The molecule has 0 aliphatic rings. The van der Waals surface area contributed by atoms with Crippen molar-refractivity contribution in [2.24, 2.45) is 5.92 Å². The minimum atomic E-state index is -0.567. The van der Waals surface area contributed by atoms with Crippen LogP contribution in [0.1, 0.15) is 31.9 Å². The van der Waals surface area contributed by atoms with Crippen molar-refractivity contribution in [1.29, 1.82) is 5.26 Å². The Morgan fingerprint density at radius 2 is 1.73 bits per heavy atom. The lowest BCUT2D eigenvalue weighted by molar-refractivity contribution is -0.147. The largest absolute Gasteiger partial charge is 0.466 e. The van der Waals surface area contributed by atoms with Crippen LogP contribution in [0, 0.1) is 17.2 Å². The zero-order valence-electron chi connectivity index (χ0n) is 17.1. The molecule has 1 unspecified atom stereocenters. The van der Waals surface area contributed by atoms with Gasteiger partial charge in [-0.1, -0.05) is 19.1 Å². The average Bonchev–Trinajstić information content (AvgIpc) is 2.73. The number of carbonyl (C=O) groups excluding carboxylic acids is 3. The Morgan fingerprint density at radius 3 is 2.27 bits per heavy atom. The number of esters is 1. The van der Waals surface area contributed by atoms with E-state index in [1.165, 1.54) is 6.92 Å². The van der Waals surface area contributed by atoms with Gasteiger partial charge in [0.2, 0.25) is 5.91 Å². The van der Waals surface area contributed by atoms with E-state index in [0.29, 0.717) is 30.0 Å². The van der Waals surface area contributed by atoms with Gasteiger partial charge in [0, 0.05) is 12.6 Å². The van der Waals surface area contributed by atoms with Crippen molar-refractivity contribution in [2.75, 3.05) is 16.9 Å². The van der Waals surface area contributed by atoms with E-state index in [4.69, 9.17) is 10.00 Å². The first-order valence-corrected chi connectivity index (χ1v) is 9.48. The number of hydrogen-bond donors (Lipinski definition) is 2. The second-order valence-electron chi connectivity index (χ2n) is 6.65. The van der Waals surface area contributed by atoms with Gasteiger partial charge >= 0.3 is 12.0 Å². The number of nitriles is 1.